The van der Waals surface area contributed by atoms with Gasteiger partial charge < -0.3 is 0 Å². The number of rotatable bonds is 3. The van der Waals surface area contributed by atoms with Crippen LogP contribution in [0.25, 0.3) is 11.4 Å². The molecule has 0 unspecified atom stereocenters. The molecule has 20 heavy (non-hydrogen) atoms. The zero-order valence-electron chi connectivity index (χ0n) is 10.5. The normalized spacial score (nSPS) is 10.7. The average molecular weight is 440 g/mol. The molecular weight excluding hydrogens is 429 g/mol. The molecule has 0 saturated carbocycles. The van der Waals surface area contributed by atoms with Crippen molar-refractivity contribution in [3.05, 3.63) is 68.5 Å². The van der Waals surface area contributed by atoms with Crippen LogP contribution in [0.15, 0.2) is 59.3 Å². The Morgan fingerprint density at radius 1 is 1.10 bits per heavy atom. The van der Waals surface area contributed by atoms with Crippen molar-refractivity contribution >= 4 is 38.5 Å². The van der Waals surface area contributed by atoms with Crippen molar-refractivity contribution in [3.63, 3.8) is 0 Å². The van der Waals surface area contributed by atoms with Crippen molar-refractivity contribution in [2.24, 2.45) is 0 Å². The van der Waals surface area contributed by atoms with Crippen LogP contribution in [0.5, 0.6) is 0 Å². The Kier molecular flexibility index (Phi) is 4.16. The Hall–Kier alpha value is -1.21. The van der Waals surface area contributed by atoms with Crippen molar-refractivity contribution in [1.82, 2.24) is 14.8 Å². The van der Waals surface area contributed by atoms with Gasteiger partial charge in [-0.3, -0.25) is 0 Å². The number of hydrogen-bond acceptors (Lipinski definition) is 2. The molecule has 1 aromatic heterocycles. The first-order valence-electron chi connectivity index (χ1n) is 6.11. The van der Waals surface area contributed by atoms with Crippen LogP contribution in [0.1, 0.15) is 5.56 Å². The zero-order chi connectivity index (χ0) is 13.9. The molecule has 0 saturated heterocycles. The zero-order valence-corrected chi connectivity index (χ0v) is 14.2. The van der Waals surface area contributed by atoms with Gasteiger partial charge in [-0.1, -0.05) is 46.3 Å². The predicted octanol–water partition coefficient (Wildman–Crippen LogP) is 4.36. The van der Waals surface area contributed by atoms with Crippen LogP contribution >= 0.6 is 38.5 Å². The van der Waals surface area contributed by atoms with Gasteiger partial charge >= 0.3 is 0 Å². The van der Waals surface area contributed by atoms with Gasteiger partial charge in [-0.25, -0.2) is 9.67 Å². The Bertz CT molecular complexity index is 739. The van der Waals surface area contributed by atoms with E-state index in [0.29, 0.717) is 6.54 Å². The van der Waals surface area contributed by atoms with Gasteiger partial charge in [-0.15, -0.1) is 0 Å². The second-order valence-corrected chi connectivity index (χ2v) is 6.47. The van der Waals surface area contributed by atoms with Crippen LogP contribution < -0.4 is 0 Å². The highest BCUT2D eigenvalue weighted by atomic mass is 127. The molecule has 0 radical (unpaired) electrons. The highest BCUT2D eigenvalue weighted by Crippen LogP contribution is 2.19. The molecule has 0 spiro atoms. The first-order chi connectivity index (χ1) is 9.72. The van der Waals surface area contributed by atoms with Crippen molar-refractivity contribution in [2.75, 3.05) is 0 Å². The lowest BCUT2D eigenvalue weighted by Crippen LogP contribution is -2.01. The standard InChI is InChI=1S/C15H11BrIN3/c16-14-7-2-1-4-12(14)9-20-10-18-15(19-20)11-5-3-6-13(17)8-11/h1-8,10H,9H2. The maximum atomic E-state index is 4.54. The minimum Gasteiger partial charge on any atom is -0.248 e. The summed E-state index contributed by atoms with van der Waals surface area (Å²) in [5, 5.41) is 4.54. The van der Waals surface area contributed by atoms with E-state index in [-0.39, 0.29) is 0 Å². The van der Waals surface area contributed by atoms with Gasteiger partial charge in [0, 0.05) is 13.6 Å². The molecule has 2 aromatic carbocycles. The molecule has 1 heterocycles. The molecule has 0 aliphatic heterocycles. The van der Waals surface area contributed by atoms with E-state index in [1.165, 1.54) is 9.13 Å². The van der Waals surface area contributed by atoms with E-state index in [1.807, 2.05) is 35.0 Å². The number of aromatic nitrogens is 3. The minimum absolute atomic E-state index is 0.707. The van der Waals surface area contributed by atoms with Gasteiger partial charge in [-0.2, -0.15) is 5.10 Å². The van der Waals surface area contributed by atoms with Crippen molar-refractivity contribution < 1.29 is 0 Å². The fraction of sp³-hybridized carbons (Fsp3) is 0.0667. The van der Waals surface area contributed by atoms with E-state index in [9.17, 15) is 0 Å². The fourth-order valence-electron chi connectivity index (χ4n) is 1.93. The van der Waals surface area contributed by atoms with Crippen LogP contribution in [0, 0.1) is 3.57 Å². The summed E-state index contributed by atoms with van der Waals surface area (Å²) in [5.74, 6) is 0.760. The van der Waals surface area contributed by atoms with E-state index < -0.39 is 0 Å². The summed E-state index contributed by atoms with van der Waals surface area (Å²) >= 11 is 5.85. The van der Waals surface area contributed by atoms with E-state index in [2.05, 4.69) is 66.8 Å². The SMILES string of the molecule is Brc1ccccc1Cn1cnc(-c2cccc(I)c2)n1. The summed E-state index contributed by atoms with van der Waals surface area (Å²) in [7, 11) is 0. The van der Waals surface area contributed by atoms with E-state index in [4.69, 9.17) is 0 Å². The lowest BCUT2D eigenvalue weighted by Gasteiger charge is -2.03. The highest BCUT2D eigenvalue weighted by molar-refractivity contribution is 14.1. The van der Waals surface area contributed by atoms with Gasteiger partial charge in [0.2, 0.25) is 0 Å². The Morgan fingerprint density at radius 2 is 1.95 bits per heavy atom. The monoisotopic (exact) mass is 439 g/mol. The Morgan fingerprint density at radius 3 is 2.75 bits per heavy atom. The first-order valence-corrected chi connectivity index (χ1v) is 7.98. The van der Waals surface area contributed by atoms with Gasteiger partial charge in [0.25, 0.3) is 0 Å². The largest absolute Gasteiger partial charge is 0.248 e. The smallest absolute Gasteiger partial charge is 0.181 e. The van der Waals surface area contributed by atoms with Gasteiger partial charge in [0.05, 0.1) is 6.54 Å². The van der Waals surface area contributed by atoms with Crippen LogP contribution in [-0.4, -0.2) is 14.8 Å². The molecule has 0 atom stereocenters. The van der Waals surface area contributed by atoms with Gasteiger partial charge in [0.15, 0.2) is 5.82 Å². The quantitative estimate of drug-likeness (QED) is 0.567. The summed E-state index contributed by atoms with van der Waals surface area (Å²) in [5.41, 5.74) is 2.23. The first kappa shape index (κ1) is 13.8. The number of benzene rings is 2. The Balaban J connectivity index is 1.86. The van der Waals surface area contributed by atoms with Gasteiger partial charge in [0.1, 0.15) is 6.33 Å². The number of nitrogens with zero attached hydrogens (tertiary/aromatic N) is 3. The van der Waals surface area contributed by atoms with E-state index >= 15 is 0 Å². The van der Waals surface area contributed by atoms with Crippen LogP contribution in [0.2, 0.25) is 0 Å². The van der Waals surface area contributed by atoms with Crippen LogP contribution in [-0.2, 0) is 6.54 Å². The second kappa shape index (κ2) is 6.05. The average Bonchev–Trinajstić information content (AvgIpc) is 2.90. The second-order valence-electron chi connectivity index (χ2n) is 4.37. The van der Waals surface area contributed by atoms with Crippen LogP contribution in [0.4, 0.5) is 0 Å². The molecule has 3 aromatic rings. The molecule has 3 nitrogen and oxygen atoms in total. The molecule has 3 rings (SSSR count). The minimum atomic E-state index is 0.707. The molecule has 0 N–H and O–H groups in total. The lowest BCUT2D eigenvalue weighted by molar-refractivity contribution is 0.685. The van der Waals surface area contributed by atoms with Crippen molar-refractivity contribution in [3.8, 4) is 11.4 Å². The molecule has 0 aliphatic carbocycles. The lowest BCUT2D eigenvalue weighted by atomic mass is 10.2. The molecular formula is C15H11BrIN3. The van der Waals surface area contributed by atoms with E-state index in [0.717, 1.165) is 15.9 Å². The third-order valence-corrected chi connectivity index (χ3v) is 4.35. The summed E-state index contributed by atoms with van der Waals surface area (Å²) in [6, 6.07) is 16.3. The molecule has 5 heteroatoms. The molecule has 0 fully saturated rings. The number of halogens is 2. The fourth-order valence-corrected chi connectivity index (χ4v) is 2.89. The van der Waals surface area contributed by atoms with Crippen molar-refractivity contribution in [2.45, 2.75) is 6.54 Å². The molecule has 0 aliphatic rings. The maximum absolute atomic E-state index is 4.54. The van der Waals surface area contributed by atoms with Crippen molar-refractivity contribution in [1.29, 1.82) is 0 Å². The summed E-state index contributed by atoms with van der Waals surface area (Å²) in [4.78, 5) is 4.39. The molecule has 0 bridgehead atoms. The van der Waals surface area contributed by atoms with Gasteiger partial charge in [-0.05, 0) is 46.4 Å². The third-order valence-electron chi connectivity index (χ3n) is 2.91. The summed E-state index contributed by atoms with van der Waals surface area (Å²) in [6.07, 6.45) is 1.77. The predicted molar refractivity (Wildman–Crippen MR) is 91.4 cm³/mol. The third kappa shape index (κ3) is 3.09. The maximum Gasteiger partial charge on any atom is 0.181 e. The summed E-state index contributed by atoms with van der Waals surface area (Å²) in [6.45, 7) is 0.707. The summed E-state index contributed by atoms with van der Waals surface area (Å²) < 4.78 is 4.13. The van der Waals surface area contributed by atoms with Crippen LogP contribution in [0.3, 0.4) is 0 Å². The topological polar surface area (TPSA) is 30.7 Å². The molecule has 100 valence electrons. The number of hydrogen-bond donors (Lipinski definition) is 0. The Labute approximate surface area is 139 Å². The molecule has 0 amide bonds. The van der Waals surface area contributed by atoms with E-state index in [1.54, 1.807) is 6.33 Å². The highest BCUT2D eigenvalue weighted by Gasteiger charge is 2.06.